The lowest BCUT2D eigenvalue weighted by molar-refractivity contribution is 0.0954. The van der Waals surface area contributed by atoms with Gasteiger partial charge in [0.2, 0.25) is 0 Å². The van der Waals surface area contributed by atoms with E-state index < -0.39 is 0 Å². The summed E-state index contributed by atoms with van der Waals surface area (Å²) in [4.78, 5) is 17.0. The van der Waals surface area contributed by atoms with Crippen molar-refractivity contribution in [2.24, 2.45) is 0 Å². The van der Waals surface area contributed by atoms with E-state index >= 15 is 0 Å². The average Bonchev–Trinajstić information content (AvgIpc) is 2.92. The molecular weight excluding hydrogens is 306 g/mol. The molecule has 0 atom stereocenters. The molecule has 5 heteroatoms. The van der Waals surface area contributed by atoms with E-state index in [0.29, 0.717) is 22.2 Å². The zero-order chi connectivity index (χ0) is 16.2. The van der Waals surface area contributed by atoms with Gasteiger partial charge in [-0.25, -0.2) is 4.98 Å². The number of anilines is 1. The van der Waals surface area contributed by atoms with Crippen molar-refractivity contribution in [3.05, 3.63) is 70.7 Å². The first-order chi connectivity index (χ1) is 11.1. The number of nitrogen functional groups attached to an aromatic ring is 1. The van der Waals surface area contributed by atoms with Crippen LogP contribution in [0, 0.1) is 6.92 Å². The van der Waals surface area contributed by atoms with Crippen LogP contribution in [0.4, 0.5) is 5.13 Å². The Kier molecular flexibility index (Phi) is 4.39. The zero-order valence-electron chi connectivity index (χ0n) is 12.7. The van der Waals surface area contributed by atoms with Crippen LogP contribution in [0.2, 0.25) is 0 Å². The van der Waals surface area contributed by atoms with Crippen molar-refractivity contribution in [1.29, 1.82) is 0 Å². The summed E-state index contributed by atoms with van der Waals surface area (Å²) in [5.41, 5.74) is 9.65. The van der Waals surface area contributed by atoms with Crippen LogP contribution in [-0.2, 0) is 6.54 Å². The standard InChI is InChI=1S/C18H17N3OS/c1-12-16(23-18(19)21-12)17(22)20-11-14-9-5-6-10-15(14)13-7-3-2-4-8-13/h2-10H,11H2,1H3,(H2,19,21)(H,20,22). The van der Waals surface area contributed by atoms with Gasteiger partial charge in [0.15, 0.2) is 5.13 Å². The van der Waals surface area contributed by atoms with Gasteiger partial charge in [0.1, 0.15) is 4.88 Å². The van der Waals surface area contributed by atoms with E-state index in [1.54, 1.807) is 6.92 Å². The third-order valence-corrected chi connectivity index (χ3v) is 4.55. The Balaban J connectivity index is 1.79. The maximum absolute atomic E-state index is 12.3. The van der Waals surface area contributed by atoms with Gasteiger partial charge in [0.05, 0.1) is 5.69 Å². The fourth-order valence-corrected chi connectivity index (χ4v) is 3.21. The summed E-state index contributed by atoms with van der Waals surface area (Å²) in [5.74, 6) is -0.139. The lowest BCUT2D eigenvalue weighted by atomic mass is 10.00. The van der Waals surface area contributed by atoms with Gasteiger partial charge in [-0.2, -0.15) is 0 Å². The minimum absolute atomic E-state index is 0.139. The molecule has 0 aliphatic rings. The first kappa shape index (κ1) is 15.2. The van der Waals surface area contributed by atoms with Gasteiger partial charge in [-0.05, 0) is 23.6 Å². The van der Waals surface area contributed by atoms with Gasteiger partial charge in [-0.1, -0.05) is 65.9 Å². The maximum atomic E-state index is 12.3. The molecule has 2 aromatic carbocycles. The number of nitrogens with zero attached hydrogens (tertiary/aromatic N) is 1. The number of carbonyl (C=O) groups is 1. The van der Waals surface area contributed by atoms with Crippen molar-refractivity contribution < 1.29 is 4.79 Å². The Morgan fingerprint density at radius 3 is 2.52 bits per heavy atom. The van der Waals surface area contributed by atoms with Crippen molar-refractivity contribution in [3.8, 4) is 11.1 Å². The average molecular weight is 323 g/mol. The van der Waals surface area contributed by atoms with Crippen LogP contribution >= 0.6 is 11.3 Å². The molecule has 3 rings (SSSR count). The second-order valence-electron chi connectivity index (χ2n) is 5.17. The minimum atomic E-state index is -0.139. The largest absolute Gasteiger partial charge is 0.375 e. The van der Waals surface area contributed by atoms with E-state index in [1.807, 2.05) is 36.4 Å². The SMILES string of the molecule is Cc1nc(N)sc1C(=O)NCc1ccccc1-c1ccccc1. The summed E-state index contributed by atoms with van der Waals surface area (Å²) in [7, 11) is 0. The molecule has 116 valence electrons. The second kappa shape index (κ2) is 6.62. The number of rotatable bonds is 4. The minimum Gasteiger partial charge on any atom is -0.375 e. The lowest BCUT2D eigenvalue weighted by Gasteiger charge is -2.10. The molecule has 0 radical (unpaired) electrons. The van der Waals surface area contributed by atoms with Crippen LogP contribution in [0.1, 0.15) is 20.9 Å². The van der Waals surface area contributed by atoms with Crippen LogP contribution in [0.5, 0.6) is 0 Å². The quantitative estimate of drug-likeness (QED) is 0.770. The highest BCUT2D eigenvalue weighted by molar-refractivity contribution is 7.17. The Morgan fingerprint density at radius 1 is 1.13 bits per heavy atom. The van der Waals surface area contributed by atoms with E-state index in [4.69, 9.17) is 5.73 Å². The molecule has 1 amide bonds. The summed E-state index contributed by atoms with van der Waals surface area (Å²) < 4.78 is 0. The van der Waals surface area contributed by atoms with Crippen molar-refractivity contribution in [1.82, 2.24) is 10.3 Å². The van der Waals surface area contributed by atoms with Crippen molar-refractivity contribution in [2.75, 3.05) is 5.73 Å². The van der Waals surface area contributed by atoms with Gasteiger partial charge < -0.3 is 11.1 Å². The Bertz CT molecular complexity index is 827. The molecule has 0 aliphatic carbocycles. The van der Waals surface area contributed by atoms with Gasteiger partial charge >= 0.3 is 0 Å². The molecule has 0 bridgehead atoms. The molecule has 3 N–H and O–H groups in total. The number of benzene rings is 2. The maximum Gasteiger partial charge on any atom is 0.263 e. The first-order valence-corrected chi connectivity index (χ1v) is 8.11. The van der Waals surface area contributed by atoms with Gasteiger partial charge in [-0.3, -0.25) is 4.79 Å². The number of thiazole rings is 1. The van der Waals surface area contributed by atoms with Gasteiger partial charge in [0, 0.05) is 6.54 Å². The number of aryl methyl sites for hydroxylation is 1. The predicted molar refractivity (Wildman–Crippen MR) is 94.3 cm³/mol. The highest BCUT2D eigenvalue weighted by atomic mass is 32.1. The number of carbonyl (C=O) groups excluding carboxylic acids is 1. The fourth-order valence-electron chi connectivity index (χ4n) is 2.46. The summed E-state index contributed by atoms with van der Waals surface area (Å²) in [6.07, 6.45) is 0. The summed E-state index contributed by atoms with van der Waals surface area (Å²) >= 11 is 1.21. The van der Waals surface area contributed by atoms with Crippen molar-refractivity contribution in [3.63, 3.8) is 0 Å². The third kappa shape index (κ3) is 3.40. The van der Waals surface area contributed by atoms with Crippen LogP contribution in [-0.4, -0.2) is 10.9 Å². The van der Waals surface area contributed by atoms with Crippen LogP contribution < -0.4 is 11.1 Å². The number of aromatic nitrogens is 1. The summed E-state index contributed by atoms with van der Waals surface area (Å²) in [6, 6.07) is 18.2. The van der Waals surface area contributed by atoms with Crippen LogP contribution in [0.25, 0.3) is 11.1 Å². The number of hydrogen-bond donors (Lipinski definition) is 2. The topological polar surface area (TPSA) is 68.0 Å². The monoisotopic (exact) mass is 323 g/mol. The predicted octanol–water partition coefficient (Wildman–Crippen LogP) is 3.63. The first-order valence-electron chi connectivity index (χ1n) is 7.29. The Morgan fingerprint density at radius 2 is 1.83 bits per heavy atom. The second-order valence-corrected chi connectivity index (χ2v) is 6.20. The van der Waals surface area contributed by atoms with Gasteiger partial charge in [0.25, 0.3) is 5.91 Å². The molecular formula is C18H17N3OS. The summed E-state index contributed by atoms with van der Waals surface area (Å²) in [5, 5.41) is 3.37. The fraction of sp³-hybridized carbons (Fsp3) is 0.111. The molecule has 23 heavy (non-hydrogen) atoms. The van der Waals surface area contributed by atoms with E-state index in [0.717, 1.165) is 16.7 Å². The number of amides is 1. The molecule has 0 unspecified atom stereocenters. The lowest BCUT2D eigenvalue weighted by Crippen LogP contribution is -2.22. The van der Waals surface area contributed by atoms with Crippen LogP contribution in [0.3, 0.4) is 0 Å². The molecule has 0 saturated heterocycles. The molecule has 1 aromatic heterocycles. The number of nitrogens with two attached hydrogens (primary N) is 1. The molecule has 0 aliphatic heterocycles. The van der Waals surface area contributed by atoms with E-state index in [-0.39, 0.29) is 5.91 Å². The van der Waals surface area contributed by atoms with Crippen LogP contribution in [0.15, 0.2) is 54.6 Å². The molecule has 0 spiro atoms. The molecule has 0 fully saturated rings. The Labute approximate surface area is 139 Å². The third-order valence-electron chi connectivity index (χ3n) is 3.56. The van der Waals surface area contributed by atoms with E-state index in [1.165, 1.54) is 11.3 Å². The molecule has 4 nitrogen and oxygen atoms in total. The zero-order valence-corrected chi connectivity index (χ0v) is 13.6. The van der Waals surface area contributed by atoms with Crippen molar-refractivity contribution >= 4 is 22.4 Å². The Hall–Kier alpha value is -2.66. The highest BCUT2D eigenvalue weighted by Crippen LogP contribution is 2.24. The van der Waals surface area contributed by atoms with Crippen molar-refractivity contribution in [2.45, 2.75) is 13.5 Å². The molecule has 0 saturated carbocycles. The molecule has 1 heterocycles. The number of nitrogens with one attached hydrogen (secondary N) is 1. The normalized spacial score (nSPS) is 10.5. The van der Waals surface area contributed by atoms with E-state index in [9.17, 15) is 4.79 Å². The highest BCUT2D eigenvalue weighted by Gasteiger charge is 2.14. The molecule has 3 aromatic rings. The number of hydrogen-bond acceptors (Lipinski definition) is 4. The van der Waals surface area contributed by atoms with E-state index in [2.05, 4.69) is 28.5 Å². The van der Waals surface area contributed by atoms with Gasteiger partial charge in [-0.15, -0.1) is 0 Å². The smallest absolute Gasteiger partial charge is 0.263 e. The summed E-state index contributed by atoms with van der Waals surface area (Å²) in [6.45, 7) is 2.25.